The van der Waals surface area contributed by atoms with Crippen molar-refractivity contribution in [1.82, 2.24) is 10.2 Å². The highest BCUT2D eigenvalue weighted by Crippen LogP contribution is 2.16. The summed E-state index contributed by atoms with van der Waals surface area (Å²) in [4.78, 5) is 26.5. The van der Waals surface area contributed by atoms with Gasteiger partial charge in [0.15, 0.2) is 0 Å². The Morgan fingerprint density at radius 3 is 2.40 bits per heavy atom. The summed E-state index contributed by atoms with van der Waals surface area (Å²) in [6.45, 7) is 4.07. The Kier molecular flexibility index (Phi) is 6.59. The smallest absolute Gasteiger partial charge is 0.242 e. The van der Waals surface area contributed by atoms with Crippen LogP contribution in [0.25, 0.3) is 0 Å². The second kappa shape index (κ2) is 8.67. The zero-order valence-electron chi connectivity index (χ0n) is 14.8. The van der Waals surface area contributed by atoms with Gasteiger partial charge < -0.3 is 10.2 Å². The summed E-state index contributed by atoms with van der Waals surface area (Å²) in [7, 11) is 1.57. The van der Waals surface area contributed by atoms with Crippen molar-refractivity contribution in [2.75, 3.05) is 7.05 Å². The number of amides is 2. The number of benzene rings is 2. The molecule has 2 amide bonds. The number of nitrogens with one attached hydrogen (secondary N) is 1. The van der Waals surface area contributed by atoms with Crippen molar-refractivity contribution in [1.29, 1.82) is 0 Å². The monoisotopic (exact) mass is 358 g/mol. The van der Waals surface area contributed by atoms with E-state index < -0.39 is 6.04 Å². The van der Waals surface area contributed by atoms with E-state index in [4.69, 9.17) is 11.6 Å². The van der Waals surface area contributed by atoms with Crippen molar-refractivity contribution in [3.05, 3.63) is 70.2 Å². The molecule has 0 fully saturated rings. The van der Waals surface area contributed by atoms with Crippen LogP contribution >= 0.6 is 11.6 Å². The van der Waals surface area contributed by atoms with Gasteiger partial charge in [-0.05, 0) is 37.1 Å². The van der Waals surface area contributed by atoms with Gasteiger partial charge in [-0.25, -0.2) is 0 Å². The van der Waals surface area contributed by atoms with Gasteiger partial charge in [-0.15, -0.1) is 0 Å². The normalized spacial score (nSPS) is 11.7. The maximum atomic E-state index is 12.9. The van der Waals surface area contributed by atoms with E-state index >= 15 is 0 Å². The van der Waals surface area contributed by atoms with Gasteiger partial charge in [0, 0.05) is 18.6 Å². The van der Waals surface area contributed by atoms with Crippen LogP contribution in [-0.2, 0) is 22.6 Å². The van der Waals surface area contributed by atoms with Crippen LogP contribution in [-0.4, -0.2) is 29.8 Å². The van der Waals surface area contributed by atoms with Crippen molar-refractivity contribution in [3.8, 4) is 0 Å². The van der Waals surface area contributed by atoms with Gasteiger partial charge in [-0.2, -0.15) is 0 Å². The van der Waals surface area contributed by atoms with Crippen LogP contribution in [0.1, 0.15) is 23.6 Å². The quantitative estimate of drug-likeness (QED) is 0.860. The molecule has 0 spiro atoms. The van der Waals surface area contributed by atoms with E-state index in [2.05, 4.69) is 5.32 Å². The third kappa shape index (κ3) is 5.33. The maximum Gasteiger partial charge on any atom is 0.242 e. The van der Waals surface area contributed by atoms with Crippen molar-refractivity contribution >= 4 is 23.4 Å². The maximum absolute atomic E-state index is 12.9. The molecule has 0 aliphatic rings. The molecule has 5 heteroatoms. The van der Waals surface area contributed by atoms with E-state index in [1.165, 1.54) is 0 Å². The van der Waals surface area contributed by atoms with Crippen LogP contribution in [0.3, 0.4) is 0 Å². The lowest BCUT2D eigenvalue weighted by Crippen LogP contribution is -2.47. The highest BCUT2D eigenvalue weighted by atomic mass is 35.5. The molecule has 0 heterocycles. The molecule has 4 nitrogen and oxygen atoms in total. The van der Waals surface area contributed by atoms with Crippen LogP contribution in [0, 0.1) is 6.92 Å². The van der Waals surface area contributed by atoms with Crippen LogP contribution in [0.2, 0.25) is 5.02 Å². The topological polar surface area (TPSA) is 49.4 Å². The molecule has 2 aromatic carbocycles. The number of aryl methyl sites for hydroxylation is 1. The minimum Gasteiger partial charge on any atom is -0.357 e. The molecule has 0 aliphatic carbocycles. The van der Waals surface area contributed by atoms with Gasteiger partial charge >= 0.3 is 0 Å². The van der Waals surface area contributed by atoms with E-state index in [-0.39, 0.29) is 18.2 Å². The zero-order valence-corrected chi connectivity index (χ0v) is 15.5. The van der Waals surface area contributed by atoms with E-state index in [0.717, 1.165) is 16.7 Å². The molecule has 0 saturated carbocycles. The van der Waals surface area contributed by atoms with Crippen LogP contribution in [0.15, 0.2) is 48.5 Å². The first-order valence-corrected chi connectivity index (χ1v) is 8.59. The van der Waals surface area contributed by atoms with Gasteiger partial charge in [-0.1, -0.05) is 53.6 Å². The van der Waals surface area contributed by atoms with Gasteiger partial charge in [0.05, 0.1) is 6.42 Å². The number of hydrogen-bond acceptors (Lipinski definition) is 2. The first-order chi connectivity index (χ1) is 11.9. The third-order valence-corrected chi connectivity index (χ3v) is 4.37. The molecule has 0 aromatic heterocycles. The highest BCUT2D eigenvalue weighted by Gasteiger charge is 2.25. The van der Waals surface area contributed by atoms with Crippen molar-refractivity contribution in [3.63, 3.8) is 0 Å². The van der Waals surface area contributed by atoms with Gasteiger partial charge in [0.25, 0.3) is 0 Å². The lowest BCUT2D eigenvalue weighted by molar-refractivity contribution is -0.139. The predicted molar refractivity (Wildman–Crippen MR) is 100 cm³/mol. The molecule has 0 radical (unpaired) electrons. The average molecular weight is 359 g/mol. The summed E-state index contributed by atoms with van der Waals surface area (Å²) < 4.78 is 0. The Morgan fingerprint density at radius 1 is 1.12 bits per heavy atom. The summed E-state index contributed by atoms with van der Waals surface area (Å²) in [5.74, 6) is -0.292. The van der Waals surface area contributed by atoms with Crippen LogP contribution < -0.4 is 5.32 Å². The van der Waals surface area contributed by atoms with E-state index in [1.807, 2.05) is 49.4 Å². The Bertz CT molecular complexity index is 744. The number of halogens is 1. The fraction of sp³-hybridized carbons (Fsp3) is 0.300. The van der Waals surface area contributed by atoms with Gasteiger partial charge in [0.2, 0.25) is 11.8 Å². The SMILES string of the molecule is CNC(=O)[C@@H](C)N(Cc1cccc(Cl)c1)C(=O)Cc1ccc(C)cc1. The molecule has 0 aliphatic heterocycles. The minimum absolute atomic E-state index is 0.0973. The second-order valence-electron chi connectivity index (χ2n) is 6.10. The molecule has 2 rings (SSSR count). The summed E-state index contributed by atoms with van der Waals surface area (Å²) in [5.41, 5.74) is 2.96. The Balaban J connectivity index is 2.21. The molecular weight excluding hydrogens is 336 g/mol. The van der Waals surface area contributed by atoms with Gasteiger partial charge in [0.1, 0.15) is 6.04 Å². The Hall–Kier alpha value is -2.33. The molecule has 0 bridgehead atoms. The first kappa shape index (κ1) is 19.0. The van der Waals surface area contributed by atoms with E-state index in [9.17, 15) is 9.59 Å². The molecule has 0 unspecified atom stereocenters. The molecule has 1 N–H and O–H groups in total. The fourth-order valence-corrected chi connectivity index (χ4v) is 2.82. The first-order valence-electron chi connectivity index (χ1n) is 8.21. The average Bonchev–Trinajstić information content (AvgIpc) is 2.60. The van der Waals surface area contributed by atoms with E-state index in [0.29, 0.717) is 11.6 Å². The Labute approximate surface area is 153 Å². The number of nitrogens with zero attached hydrogens (tertiary/aromatic N) is 1. The number of rotatable bonds is 6. The van der Waals surface area contributed by atoms with Crippen molar-refractivity contribution in [2.24, 2.45) is 0 Å². The van der Waals surface area contributed by atoms with Crippen molar-refractivity contribution < 1.29 is 9.59 Å². The lowest BCUT2D eigenvalue weighted by atomic mass is 10.1. The summed E-state index contributed by atoms with van der Waals surface area (Å²) in [5, 5.41) is 3.22. The lowest BCUT2D eigenvalue weighted by Gasteiger charge is -2.28. The zero-order chi connectivity index (χ0) is 18.4. The van der Waals surface area contributed by atoms with Crippen LogP contribution in [0.5, 0.6) is 0 Å². The number of likely N-dealkylation sites (N-methyl/N-ethyl adjacent to an activating group) is 1. The van der Waals surface area contributed by atoms with Gasteiger partial charge in [-0.3, -0.25) is 9.59 Å². The predicted octanol–water partition coefficient (Wildman–Crippen LogP) is 3.35. The second-order valence-corrected chi connectivity index (χ2v) is 6.54. The summed E-state index contributed by atoms with van der Waals surface area (Å²) in [6, 6.07) is 14.6. The van der Waals surface area contributed by atoms with Crippen LogP contribution in [0.4, 0.5) is 0 Å². The summed E-state index contributed by atoms with van der Waals surface area (Å²) in [6.07, 6.45) is 0.252. The number of hydrogen-bond donors (Lipinski definition) is 1. The Morgan fingerprint density at radius 2 is 1.80 bits per heavy atom. The minimum atomic E-state index is -0.568. The molecule has 1 atom stereocenters. The molecule has 132 valence electrons. The number of carbonyl (C=O) groups is 2. The third-order valence-electron chi connectivity index (χ3n) is 4.13. The molecule has 2 aromatic rings. The largest absolute Gasteiger partial charge is 0.357 e. The molecule has 25 heavy (non-hydrogen) atoms. The van der Waals surface area contributed by atoms with Crippen molar-refractivity contribution in [2.45, 2.75) is 32.9 Å². The summed E-state index contributed by atoms with van der Waals surface area (Å²) >= 11 is 6.04. The van der Waals surface area contributed by atoms with E-state index in [1.54, 1.807) is 24.9 Å². The standard InChI is InChI=1S/C20H23ClN2O2/c1-14-7-9-16(10-8-14)12-19(24)23(15(2)20(25)22-3)13-17-5-4-6-18(21)11-17/h4-11,15H,12-13H2,1-3H3,(H,22,25)/t15-/m1/s1. The fourth-order valence-electron chi connectivity index (χ4n) is 2.61. The molecule has 0 saturated heterocycles. The highest BCUT2D eigenvalue weighted by molar-refractivity contribution is 6.30. The number of carbonyl (C=O) groups excluding carboxylic acids is 2. The molecular formula is C20H23ClN2O2.